The molecule has 4 heteroatoms. The first kappa shape index (κ1) is 16.8. The van der Waals surface area contributed by atoms with E-state index in [2.05, 4.69) is 33.4 Å². The number of fused-ring (bicyclic) bond motifs is 1. The van der Waals surface area contributed by atoms with Crippen molar-refractivity contribution in [1.29, 1.82) is 0 Å². The molecule has 0 saturated heterocycles. The molecule has 1 amide bonds. The van der Waals surface area contributed by atoms with E-state index >= 15 is 0 Å². The van der Waals surface area contributed by atoms with E-state index in [0.717, 1.165) is 28.6 Å². The molecule has 3 rings (SSSR count). The zero-order valence-corrected chi connectivity index (χ0v) is 15.2. The second-order valence-electron chi connectivity index (χ2n) is 6.04. The van der Waals surface area contributed by atoms with Crippen molar-refractivity contribution in [2.75, 3.05) is 6.61 Å². The summed E-state index contributed by atoms with van der Waals surface area (Å²) in [6.45, 7) is 2.35. The highest BCUT2D eigenvalue weighted by atomic mass is 79.9. The Kier molecular flexibility index (Phi) is 5.36. The van der Waals surface area contributed by atoms with Gasteiger partial charge in [-0.1, -0.05) is 46.3 Å². The molecule has 0 fully saturated rings. The van der Waals surface area contributed by atoms with Gasteiger partial charge in [-0.3, -0.25) is 4.79 Å². The van der Waals surface area contributed by atoms with Crippen LogP contribution in [-0.2, 0) is 11.2 Å². The van der Waals surface area contributed by atoms with Gasteiger partial charge in [0.25, 0.3) is 5.91 Å². The van der Waals surface area contributed by atoms with E-state index in [1.807, 2.05) is 49.4 Å². The number of hydrogen-bond acceptors (Lipinski definition) is 2. The third-order valence-electron chi connectivity index (χ3n) is 4.06. The van der Waals surface area contributed by atoms with Crippen LogP contribution in [0.2, 0.25) is 0 Å². The Bertz CT molecular complexity index is 755. The van der Waals surface area contributed by atoms with Gasteiger partial charge in [-0.15, -0.1) is 0 Å². The molecule has 2 aromatic rings. The molecular formula is C20H20BrNO2. The minimum atomic E-state index is -0.0545. The molecule has 0 bridgehead atoms. The summed E-state index contributed by atoms with van der Waals surface area (Å²) in [6, 6.07) is 16.2. The molecule has 0 unspecified atom stereocenters. The number of benzene rings is 2. The quantitative estimate of drug-likeness (QED) is 0.829. The standard InChI is InChI=1S/C20H20BrNO2/c1-14(7-8-15-5-3-2-4-6-15)22-20(23)17-11-16-12-18(21)9-10-19(16)24-13-17/h2-6,9-12,14H,7-8,13H2,1H3,(H,22,23)/t14-/m0/s1. The fraction of sp³-hybridized carbons (Fsp3) is 0.250. The first-order valence-electron chi connectivity index (χ1n) is 8.09. The van der Waals surface area contributed by atoms with E-state index in [9.17, 15) is 4.79 Å². The summed E-state index contributed by atoms with van der Waals surface area (Å²) in [6.07, 6.45) is 3.77. The maximum Gasteiger partial charge on any atom is 0.250 e. The van der Waals surface area contributed by atoms with Crippen LogP contribution in [0.15, 0.2) is 58.6 Å². The lowest BCUT2D eigenvalue weighted by molar-refractivity contribution is -0.118. The molecule has 2 aromatic carbocycles. The van der Waals surface area contributed by atoms with Crippen LogP contribution >= 0.6 is 15.9 Å². The lowest BCUT2D eigenvalue weighted by Crippen LogP contribution is -2.35. The van der Waals surface area contributed by atoms with E-state index in [1.54, 1.807) is 0 Å². The van der Waals surface area contributed by atoms with Crippen LogP contribution in [0.5, 0.6) is 5.75 Å². The summed E-state index contributed by atoms with van der Waals surface area (Å²) in [5, 5.41) is 3.07. The number of carbonyl (C=O) groups excluding carboxylic acids is 1. The highest BCUT2D eigenvalue weighted by Crippen LogP contribution is 2.29. The van der Waals surface area contributed by atoms with Crippen LogP contribution in [0.1, 0.15) is 24.5 Å². The van der Waals surface area contributed by atoms with Crippen molar-refractivity contribution in [2.24, 2.45) is 0 Å². The van der Waals surface area contributed by atoms with Crippen LogP contribution in [-0.4, -0.2) is 18.6 Å². The normalized spacial score (nSPS) is 14.2. The third-order valence-corrected chi connectivity index (χ3v) is 4.56. The fourth-order valence-electron chi connectivity index (χ4n) is 2.70. The monoisotopic (exact) mass is 385 g/mol. The summed E-state index contributed by atoms with van der Waals surface area (Å²) in [5.74, 6) is 0.757. The number of nitrogens with one attached hydrogen (secondary N) is 1. The predicted molar refractivity (Wildman–Crippen MR) is 100.0 cm³/mol. The minimum absolute atomic E-state index is 0.0545. The maximum absolute atomic E-state index is 12.4. The molecular weight excluding hydrogens is 366 g/mol. The van der Waals surface area contributed by atoms with Crippen molar-refractivity contribution in [3.8, 4) is 5.75 Å². The van der Waals surface area contributed by atoms with Gasteiger partial charge in [0.1, 0.15) is 12.4 Å². The number of carbonyl (C=O) groups is 1. The maximum atomic E-state index is 12.4. The van der Waals surface area contributed by atoms with Gasteiger partial charge in [-0.05, 0) is 49.6 Å². The van der Waals surface area contributed by atoms with Gasteiger partial charge >= 0.3 is 0 Å². The second kappa shape index (κ2) is 7.67. The second-order valence-corrected chi connectivity index (χ2v) is 6.95. The average Bonchev–Trinajstić information content (AvgIpc) is 2.60. The zero-order chi connectivity index (χ0) is 16.9. The van der Waals surface area contributed by atoms with E-state index < -0.39 is 0 Å². The topological polar surface area (TPSA) is 38.3 Å². The van der Waals surface area contributed by atoms with Crippen molar-refractivity contribution in [3.05, 3.63) is 69.7 Å². The zero-order valence-electron chi connectivity index (χ0n) is 13.6. The first-order valence-corrected chi connectivity index (χ1v) is 8.89. The molecule has 0 spiro atoms. The smallest absolute Gasteiger partial charge is 0.250 e. The van der Waals surface area contributed by atoms with E-state index in [-0.39, 0.29) is 11.9 Å². The Morgan fingerprint density at radius 2 is 2.04 bits per heavy atom. The van der Waals surface area contributed by atoms with Crippen LogP contribution < -0.4 is 10.1 Å². The summed E-state index contributed by atoms with van der Waals surface area (Å²) in [4.78, 5) is 12.4. The Morgan fingerprint density at radius 3 is 2.83 bits per heavy atom. The van der Waals surface area contributed by atoms with Crippen molar-refractivity contribution in [1.82, 2.24) is 5.32 Å². The number of hydrogen-bond donors (Lipinski definition) is 1. The van der Waals surface area contributed by atoms with Gasteiger partial charge < -0.3 is 10.1 Å². The van der Waals surface area contributed by atoms with Gasteiger partial charge in [0.2, 0.25) is 0 Å². The molecule has 0 saturated carbocycles. The molecule has 0 radical (unpaired) electrons. The number of amides is 1. The van der Waals surface area contributed by atoms with Crippen LogP contribution in [0.3, 0.4) is 0 Å². The largest absolute Gasteiger partial charge is 0.488 e. The van der Waals surface area contributed by atoms with Crippen LogP contribution in [0.25, 0.3) is 6.08 Å². The first-order chi connectivity index (χ1) is 11.6. The lowest BCUT2D eigenvalue weighted by Gasteiger charge is -2.20. The van der Waals surface area contributed by atoms with E-state index in [0.29, 0.717) is 12.2 Å². The molecule has 1 aliphatic rings. The predicted octanol–water partition coefficient (Wildman–Crippen LogP) is 4.36. The Morgan fingerprint density at radius 1 is 1.25 bits per heavy atom. The Labute approximate surface area is 150 Å². The van der Waals surface area contributed by atoms with Crippen LogP contribution in [0.4, 0.5) is 0 Å². The van der Waals surface area contributed by atoms with E-state index in [1.165, 1.54) is 5.56 Å². The van der Waals surface area contributed by atoms with Gasteiger partial charge in [-0.25, -0.2) is 0 Å². The van der Waals surface area contributed by atoms with Crippen molar-refractivity contribution < 1.29 is 9.53 Å². The molecule has 1 heterocycles. The highest BCUT2D eigenvalue weighted by molar-refractivity contribution is 9.10. The van der Waals surface area contributed by atoms with Gasteiger partial charge in [0.05, 0.1) is 5.57 Å². The minimum Gasteiger partial charge on any atom is -0.488 e. The van der Waals surface area contributed by atoms with Gasteiger partial charge in [0, 0.05) is 16.1 Å². The van der Waals surface area contributed by atoms with Crippen molar-refractivity contribution in [3.63, 3.8) is 0 Å². The number of ether oxygens (including phenoxy) is 1. The molecule has 0 aliphatic carbocycles. The van der Waals surface area contributed by atoms with Gasteiger partial charge in [0.15, 0.2) is 0 Å². The number of halogens is 1. The molecule has 24 heavy (non-hydrogen) atoms. The average molecular weight is 386 g/mol. The van der Waals surface area contributed by atoms with Gasteiger partial charge in [-0.2, -0.15) is 0 Å². The third kappa shape index (κ3) is 4.26. The number of aryl methyl sites for hydroxylation is 1. The van der Waals surface area contributed by atoms with Crippen molar-refractivity contribution in [2.45, 2.75) is 25.8 Å². The molecule has 1 aliphatic heterocycles. The molecule has 1 N–H and O–H groups in total. The highest BCUT2D eigenvalue weighted by Gasteiger charge is 2.18. The lowest BCUT2D eigenvalue weighted by atomic mass is 10.0. The Hall–Kier alpha value is -2.07. The molecule has 1 atom stereocenters. The SMILES string of the molecule is C[C@@H](CCc1ccccc1)NC(=O)C1=Cc2cc(Br)ccc2OC1. The van der Waals surface area contributed by atoms with Crippen molar-refractivity contribution >= 4 is 27.9 Å². The summed E-state index contributed by atoms with van der Waals surface area (Å²) < 4.78 is 6.64. The van der Waals surface area contributed by atoms with E-state index in [4.69, 9.17) is 4.74 Å². The van der Waals surface area contributed by atoms with Crippen LogP contribution in [0, 0.1) is 0 Å². The fourth-order valence-corrected chi connectivity index (χ4v) is 3.07. The summed E-state index contributed by atoms with van der Waals surface area (Å²) >= 11 is 3.45. The summed E-state index contributed by atoms with van der Waals surface area (Å²) in [5.41, 5.74) is 2.88. The molecule has 3 nitrogen and oxygen atoms in total. The Balaban J connectivity index is 1.58. The molecule has 124 valence electrons. The number of rotatable bonds is 5. The summed E-state index contributed by atoms with van der Waals surface area (Å²) in [7, 11) is 0. The molecule has 0 aromatic heterocycles.